The number of allylic oxidation sites excluding steroid dienone is 2. The predicted molar refractivity (Wildman–Crippen MR) is 141 cm³/mol. The highest BCUT2D eigenvalue weighted by Gasteiger charge is 2.05. The van der Waals surface area contributed by atoms with E-state index in [2.05, 4.69) is 48.9 Å². The molecule has 5 N–H and O–H groups in total. The van der Waals surface area contributed by atoms with Gasteiger partial charge in [-0.3, -0.25) is 0 Å². The van der Waals surface area contributed by atoms with Crippen LogP contribution < -0.4 is 21.7 Å². The largest absolute Gasteiger partial charge is 0.327 e. The summed E-state index contributed by atoms with van der Waals surface area (Å²) >= 11 is 0. The van der Waals surface area contributed by atoms with Crippen LogP contribution in [0.5, 0.6) is 0 Å². The van der Waals surface area contributed by atoms with Crippen LogP contribution in [0, 0.1) is 0 Å². The van der Waals surface area contributed by atoms with E-state index in [0.29, 0.717) is 12.1 Å². The van der Waals surface area contributed by atoms with Crippen LogP contribution >= 0.6 is 0 Å². The minimum Gasteiger partial charge on any atom is -0.327 e. The van der Waals surface area contributed by atoms with Crippen molar-refractivity contribution in [2.45, 2.75) is 136 Å². The first-order valence-electron chi connectivity index (χ1n) is 13.6. The Hall–Kier alpha value is -0.420. The van der Waals surface area contributed by atoms with E-state index in [1.807, 2.05) is 6.92 Å². The van der Waals surface area contributed by atoms with Crippen molar-refractivity contribution in [1.82, 2.24) is 16.0 Å². The molecule has 0 saturated carbocycles. The maximum Gasteiger partial charge on any atom is 0.0164 e. The maximum absolute atomic E-state index is 5.78. The van der Waals surface area contributed by atoms with Crippen molar-refractivity contribution < 1.29 is 0 Å². The summed E-state index contributed by atoms with van der Waals surface area (Å²) in [5.41, 5.74) is 5.78. The Morgan fingerprint density at radius 3 is 1.68 bits per heavy atom. The summed E-state index contributed by atoms with van der Waals surface area (Å²) in [5, 5.41) is 10.6. The molecular formula is C27H58N4. The van der Waals surface area contributed by atoms with Gasteiger partial charge >= 0.3 is 0 Å². The molecule has 0 aliphatic carbocycles. The zero-order valence-electron chi connectivity index (χ0n) is 21.7. The summed E-state index contributed by atoms with van der Waals surface area (Å²) in [7, 11) is 0. The molecule has 4 nitrogen and oxygen atoms in total. The second-order valence-corrected chi connectivity index (χ2v) is 9.74. The molecule has 0 aromatic heterocycles. The molecule has 0 heterocycles. The second kappa shape index (κ2) is 24.2. The minimum atomic E-state index is 0.220. The van der Waals surface area contributed by atoms with Gasteiger partial charge in [0.25, 0.3) is 0 Å². The Balaban J connectivity index is 3.26. The fourth-order valence-corrected chi connectivity index (χ4v) is 3.73. The standard InChI is InChI=1S/C27H58N4/c1-5-6-7-8-9-10-11-12-13-14-15-16-17-18-19-20-21-29-23-26(3)31-24-27(4)30-22-25(2)28/h12-13,25-27,29-31H,5-11,14-24,28H2,1-4H3/b13-12-. The minimum absolute atomic E-state index is 0.220. The maximum atomic E-state index is 5.78. The van der Waals surface area contributed by atoms with E-state index in [1.165, 1.54) is 89.9 Å². The quantitative estimate of drug-likeness (QED) is 0.112. The highest BCUT2D eigenvalue weighted by atomic mass is 15.0. The number of unbranched alkanes of at least 4 members (excludes halogenated alkanes) is 12. The van der Waals surface area contributed by atoms with Gasteiger partial charge in [-0.1, -0.05) is 76.9 Å². The number of nitrogens with two attached hydrogens (primary N) is 1. The van der Waals surface area contributed by atoms with Gasteiger partial charge in [0.1, 0.15) is 0 Å². The van der Waals surface area contributed by atoms with E-state index in [1.54, 1.807) is 0 Å². The highest BCUT2D eigenvalue weighted by Crippen LogP contribution is 2.09. The summed E-state index contributed by atoms with van der Waals surface area (Å²) < 4.78 is 0. The SMILES string of the molecule is CCCCCCCC/C=C\CCCCCCCCNCC(C)NCC(C)NCC(C)N. The summed E-state index contributed by atoms with van der Waals surface area (Å²) in [6.45, 7) is 12.9. The Labute approximate surface area is 196 Å². The van der Waals surface area contributed by atoms with Crippen molar-refractivity contribution in [3.8, 4) is 0 Å². The molecule has 0 aliphatic rings. The molecule has 0 rings (SSSR count). The van der Waals surface area contributed by atoms with Gasteiger partial charge in [0.05, 0.1) is 0 Å². The van der Waals surface area contributed by atoms with Gasteiger partial charge in [-0.25, -0.2) is 0 Å². The molecule has 4 heteroatoms. The first-order chi connectivity index (χ1) is 15.1. The third-order valence-electron chi connectivity index (χ3n) is 5.88. The molecule has 186 valence electrons. The molecule has 0 fully saturated rings. The van der Waals surface area contributed by atoms with Gasteiger partial charge < -0.3 is 21.7 Å². The van der Waals surface area contributed by atoms with E-state index < -0.39 is 0 Å². The zero-order chi connectivity index (χ0) is 23.0. The van der Waals surface area contributed by atoms with E-state index in [9.17, 15) is 0 Å². The van der Waals surface area contributed by atoms with Gasteiger partial charge in [0, 0.05) is 37.8 Å². The molecule has 0 bridgehead atoms. The van der Waals surface area contributed by atoms with Gasteiger partial charge in [-0.2, -0.15) is 0 Å². The Morgan fingerprint density at radius 2 is 1.10 bits per heavy atom. The Bertz CT molecular complexity index is 370. The van der Waals surface area contributed by atoms with Crippen LogP contribution in [-0.2, 0) is 0 Å². The summed E-state index contributed by atoms with van der Waals surface area (Å²) in [4.78, 5) is 0. The van der Waals surface area contributed by atoms with Gasteiger partial charge in [-0.15, -0.1) is 0 Å². The molecule has 3 unspecified atom stereocenters. The van der Waals surface area contributed by atoms with E-state index in [4.69, 9.17) is 5.73 Å². The van der Waals surface area contributed by atoms with E-state index >= 15 is 0 Å². The van der Waals surface area contributed by atoms with Crippen molar-refractivity contribution in [3.63, 3.8) is 0 Å². The number of rotatable bonds is 24. The number of hydrogen-bond donors (Lipinski definition) is 4. The van der Waals surface area contributed by atoms with Crippen LogP contribution in [0.1, 0.15) is 118 Å². The smallest absolute Gasteiger partial charge is 0.0164 e. The summed E-state index contributed by atoms with van der Waals surface area (Å²) in [5.74, 6) is 0. The number of nitrogens with one attached hydrogen (secondary N) is 3. The zero-order valence-corrected chi connectivity index (χ0v) is 21.7. The highest BCUT2D eigenvalue weighted by molar-refractivity contribution is 4.81. The third kappa shape index (κ3) is 25.7. The molecule has 0 aliphatic heterocycles. The molecule has 3 atom stereocenters. The molecule has 0 spiro atoms. The summed E-state index contributed by atoms with van der Waals surface area (Å²) in [6.07, 6.45) is 24.0. The van der Waals surface area contributed by atoms with Crippen LogP contribution in [0.2, 0.25) is 0 Å². The Morgan fingerprint density at radius 1 is 0.613 bits per heavy atom. The van der Waals surface area contributed by atoms with Crippen LogP contribution in [0.15, 0.2) is 12.2 Å². The van der Waals surface area contributed by atoms with E-state index in [0.717, 1.165) is 26.2 Å². The van der Waals surface area contributed by atoms with Gasteiger partial charge in [0.2, 0.25) is 0 Å². The lowest BCUT2D eigenvalue weighted by Crippen LogP contribution is -2.45. The second-order valence-electron chi connectivity index (χ2n) is 9.74. The van der Waals surface area contributed by atoms with Crippen molar-refractivity contribution in [3.05, 3.63) is 12.2 Å². The topological polar surface area (TPSA) is 62.1 Å². The first kappa shape index (κ1) is 30.6. The lowest BCUT2D eigenvalue weighted by molar-refractivity contribution is 0.435. The van der Waals surface area contributed by atoms with Gasteiger partial charge in [0.15, 0.2) is 0 Å². The van der Waals surface area contributed by atoms with Crippen molar-refractivity contribution >= 4 is 0 Å². The average molecular weight is 439 g/mol. The normalized spacial score (nSPS) is 14.9. The van der Waals surface area contributed by atoms with Crippen LogP contribution in [0.25, 0.3) is 0 Å². The molecular weight excluding hydrogens is 380 g/mol. The monoisotopic (exact) mass is 438 g/mol. The molecule has 0 aromatic rings. The van der Waals surface area contributed by atoms with Crippen molar-refractivity contribution in [1.29, 1.82) is 0 Å². The first-order valence-corrected chi connectivity index (χ1v) is 13.6. The summed E-state index contributed by atoms with van der Waals surface area (Å²) in [6, 6.07) is 1.19. The van der Waals surface area contributed by atoms with Crippen LogP contribution in [-0.4, -0.2) is 44.3 Å². The lowest BCUT2D eigenvalue weighted by Gasteiger charge is -2.20. The van der Waals surface area contributed by atoms with Crippen molar-refractivity contribution in [2.75, 3.05) is 26.2 Å². The average Bonchev–Trinajstić information content (AvgIpc) is 2.75. The van der Waals surface area contributed by atoms with Crippen molar-refractivity contribution in [2.24, 2.45) is 5.73 Å². The third-order valence-corrected chi connectivity index (χ3v) is 5.88. The lowest BCUT2D eigenvalue weighted by atomic mass is 10.1. The van der Waals surface area contributed by atoms with Crippen LogP contribution in [0.3, 0.4) is 0 Å². The van der Waals surface area contributed by atoms with Crippen LogP contribution in [0.4, 0.5) is 0 Å². The molecule has 0 amide bonds. The Kier molecular flexibility index (Phi) is 23.9. The fraction of sp³-hybridized carbons (Fsp3) is 0.926. The van der Waals surface area contributed by atoms with Gasteiger partial charge in [-0.05, 0) is 59.4 Å². The molecule has 0 radical (unpaired) electrons. The fourth-order valence-electron chi connectivity index (χ4n) is 3.73. The predicted octanol–water partition coefficient (Wildman–Crippen LogP) is 5.92. The number of hydrogen-bond acceptors (Lipinski definition) is 4. The molecule has 31 heavy (non-hydrogen) atoms. The van der Waals surface area contributed by atoms with E-state index in [-0.39, 0.29) is 6.04 Å². The molecule has 0 aromatic carbocycles. The molecule has 0 saturated heterocycles.